The van der Waals surface area contributed by atoms with Gasteiger partial charge in [0.25, 0.3) is 0 Å². The number of aromatic nitrogens is 1. The van der Waals surface area contributed by atoms with E-state index in [2.05, 4.69) is 4.98 Å². The van der Waals surface area contributed by atoms with Crippen LogP contribution in [-0.4, -0.2) is 4.98 Å². The van der Waals surface area contributed by atoms with Gasteiger partial charge in [-0.2, -0.15) is 0 Å². The first-order valence-corrected chi connectivity index (χ1v) is 5.44. The van der Waals surface area contributed by atoms with Gasteiger partial charge in [0, 0.05) is 17.8 Å². The monoisotopic (exact) mass is 223 g/mol. The van der Waals surface area contributed by atoms with Crippen molar-refractivity contribution in [1.29, 1.82) is 0 Å². The highest BCUT2D eigenvalue weighted by Crippen LogP contribution is 2.29. The highest BCUT2D eigenvalue weighted by Gasteiger charge is 2.06. The molecule has 0 aliphatic carbocycles. The molecule has 3 aromatic rings. The van der Waals surface area contributed by atoms with Crippen LogP contribution in [0.25, 0.3) is 21.9 Å². The molecule has 0 N–H and O–H groups in total. The molecule has 1 nitrogen and oxygen atoms in total. The lowest BCUT2D eigenvalue weighted by molar-refractivity contribution is 0.640. The fraction of sp³-hybridized carbons (Fsp3) is 0. The maximum Gasteiger partial charge on any atom is 0.131 e. The molecule has 0 aliphatic heterocycles. The van der Waals surface area contributed by atoms with Crippen molar-refractivity contribution < 1.29 is 4.39 Å². The highest BCUT2D eigenvalue weighted by atomic mass is 19.1. The van der Waals surface area contributed by atoms with Crippen LogP contribution in [0.2, 0.25) is 0 Å². The zero-order chi connectivity index (χ0) is 11.7. The average molecular weight is 223 g/mol. The largest absolute Gasteiger partial charge is 0.265 e. The summed E-state index contributed by atoms with van der Waals surface area (Å²) >= 11 is 0. The van der Waals surface area contributed by atoms with Crippen molar-refractivity contribution in [3.8, 4) is 11.1 Å². The molecule has 1 heterocycles. The Kier molecular flexibility index (Phi) is 2.33. The van der Waals surface area contributed by atoms with E-state index in [9.17, 15) is 4.39 Å². The predicted molar refractivity (Wildman–Crippen MR) is 67.1 cm³/mol. The molecular formula is C15H10FN. The van der Waals surface area contributed by atoms with Gasteiger partial charge in [-0.05, 0) is 34.7 Å². The van der Waals surface area contributed by atoms with Crippen molar-refractivity contribution in [2.45, 2.75) is 0 Å². The number of hydrogen-bond acceptors (Lipinski definition) is 1. The average Bonchev–Trinajstić information content (AvgIpc) is 2.41. The lowest BCUT2D eigenvalue weighted by Gasteiger charge is -2.07. The molecule has 0 bridgehead atoms. The van der Waals surface area contributed by atoms with Crippen LogP contribution in [0.5, 0.6) is 0 Å². The first kappa shape index (κ1) is 9.97. The smallest absolute Gasteiger partial charge is 0.131 e. The molecule has 0 saturated carbocycles. The molecule has 0 amide bonds. The number of pyridine rings is 1. The minimum absolute atomic E-state index is 0.182. The molecule has 0 spiro atoms. The Hall–Kier alpha value is -2.22. The van der Waals surface area contributed by atoms with Crippen molar-refractivity contribution in [2.75, 3.05) is 0 Å². The standard InChI is InChI=1S/C15H10FN/c16-15-6-5-12(11-7-9-17-10-8-11)13-3-1-2-4-14(13)15/h1-10H. The molecule has 1 aromatic heterocycles. The molecule has 0 unspecified atom stereocenters. The van der Waals surface area contributed by atoms with Gasteiger partial charge < -0.3 is 0 Å². The number of fused-ring (bicyclic) bond motifs is 1. The summed E-state index contributed by atoms with van der Waals surface area (Å²) in [5.74, 6) is -0.182. The van der Waals surface area contributed by atoms with Gasteiger partial charge in [0.15, 0.2) is 0 Å². The van der Waals surface area contributed by atoms with Gasteiger partial charge in [0.1, 0.15) is 5.82 Å². The maximum atomic E-state index is 13.7. The third-order valence-corrected chi connectivity index (χ3v) is 2.86. The summed E-state index contributed by atoms with van der Waals surface area (Å²) in [4.78, 5) is 3.99. The summed E-state index contributed by atoms with van der Waals surface area (Å²) in [6, 6.07) is 14.7. The van der Waals surface area contributed by atoms with Gasteiger partial charge in [0.2, 0.25) is 0 Å². The Labute approximate surface area is 98.6 Å². The number of benzene rings is 2. The molecule has 82 valence electrons. The molecule has 2 aromatic carbocycles. The summed E-state index contributed by atoms with van der Waals surface area (Å²) in [5, 5.41) is 1.58. The van der Waals surface area contributed by atoms with Crippen molar-refractivity contribution in [3.05, 3.63) is 66.7 Å². The number of hydrogen-bond donors (Lipinski definition) is 0. The molecular weight excluding hydrogens is 213 g/mol. The van der Waals surface area contributed by atoms with Gasteiger partial charge in [-0.3, -0.25) is 4.98 Å². The second-order valence-electron chi connectivity index (χ2n) is 3.88. The Balaban J connectivity index is 2.35. The van der Waals surface area contributed by atoms with E-state index in [1.165, 1.54) is 6.07 Å². The van der Waals surface area contributed by atoms with Gasteiger partial charge in [-0.15, -0.1) is 0 Å². The lowest BCUT2D eigenvalue weighted by atomic mass is 9.99. The van der Waals surface area contributed by atoms with E-state index in [1.807, 2.05) is 36.4 Å². The van der Waals surface area contributed by atoms with E-state index in [0.717, 1.165) is 16.5 Å². The Morgan fingerprint density at radius 2 is 1.47 bits per heavy atom. The second kappa shape index (κ2) is 3.98. The van der Waals surface area contributed by atoms with E-state index in [0.29, 0.717) is 5.39 Å². The first-order valence-electron chi connectivity index (χ1n) is 5.44. The molecule has 17 heavy (non-hydrogen) atoms. The van der Waals surface area contributed by atoms with Crippen LogP contribution in [0.15, 0.2) is 60.9 Å². The zero-order valence-electron chi connectivity index (χ0n) is 9.10. The van der Waals surface area contributed by atoms with Crippen molar-refractivity contribution in [3.63, 3.8) is 0 Å². The van der Waals surface area contributed by atoms with Crippen LogP contribution in [0.4, 0.5) is 4.39 Å². The van der Waals surface area contributed by atoms with Crippen LogP contribution >= 0.6 is 0 Å². The maximum absolute atomic E-state index is 13.7. The zero-order valence-corrected chi connectivity index (χ0v) is 9.10. The van der Waals surface area contributed by atoms with Crippen LogP contribution < -0.4 is 0 Å². The number of nitrogens with zero attached hydrogens (tertiary/aromatic N) is 1. The van der Waals surface area contributed by atoms with E-state index in [-0.39, 0.29) is 5.82 Å². The molecule has 0 atom stereocenters. The third-order valence-electron chi connectivity index (χ3n) is 2.86. The third kappa shape index (κ3) is 1.68. The van der Waals surface area contributed by atoms with E-state index in [1.54, 1.807) is 18.5 Å². The quantitative estimate of drug-likeness (QED) is 0.606. The predicted octanol–water partition coefficient (Wildman–Crippen LogP) is 4.04. The summed E-state index contributed by atoms with van der Waals surface area (Å²) in [6.07, 6.45) is 3.49. The van der Waals surface area contributed by atoms with Gasteiger partial charge >= 0.3 is 0 Å². The fourth-order valence-electron chi connectivity index (χ4n) is 2.05. The van der Waals surface area contributed by atoms with Crippen LogP contribution in [0.1, 0.15) is 0 Å². The Morgan fingerprint density at radius 1 is 0.765 bits per heavy atom. The van der Waals surface area contributed by atoms with E-state index in [4.69, 9.17) is 0 Å². The normalized spacial score (nSPS) is 10.6. The van der Waals surface area contributed by atoms with Gasteiger partial charge in [-0.1, -0.05) is 30.3 Å². The molecule has 0 aliphatic rings. The second-order valence-corrected chi connectivity index (χ2v) is 3.88. The lowest BCUT2D eigenvalue weighted by Crippen LogP contribution is -1.85. The molecule has 0 radical (unpaired) electrons. The fourth-order valence-corrected chi connectivity index (χ4v) is 2.05. The van der Waals surface area contributed by atoms with Crippen LogP contribution in [0.3, 0.4) is 0 Å². The molecule has 0 saturated heterocycles. The minimum atomic E-state index is -0.182. The summed E-state index contributed by atoms with van der Waals surface area (Å²) in [7, 11) is 0. The highest BCUT2D eigenvalue weighted by molar-refractivity contribution is 5.96. The van der Waals surface area contributed by atoms with Crippen LogP contribution in [0, 0.1) is 5.82 Å². The number of halogens is 1. The Bertz CT molecular complexity index is 662. The number of rotatable bonds is 1. The van der Waals surface area contributed by atoms with E-state index < -0.39 is 0 Å². The Morgan fingerprint density at radius 3 is 2.24 bits per heavy atom. The summed E-state index contributed by atoms with van der Waals surface area (Å²) in [5.41, 5.74) is 2.08. The minimum Gasteiger partial charge on any atom is -0.265 e. The summed E-state index contributed by atoms with van der Waals surface area (Å²) in [6.45, 7) is 0. The van der Waals surface area contributed by atoms with Crippen molar-refractivity contribution in [1.82, 2.24) is 4.98 Å². The summed E-state index contributed by atoms with van der Waals surface area (Å²) < 4.78 is 13.7. The van der Waals surface area contributed by atoms with E-state index >= 15 is 0 Å². The van der Waals surface area contributed by atoms with Gasteiger partial charge in [0.05, 0.1) is 0 Å². The SMILES string of the molecule is Fc1ccc(-c2ccncc2)c2ccccc12. The van der Waals surface area contributed by atoms with Gasteiger partial charge in [-0.25, -0.2) is 4.39 Å². The van der Waals surface area contributed by atoms with Crippen molar-refractivity contribution >= 4 is 10.8 Å². The van der Waals surface area contributed by atoms with Crippen molar-refractivity contribution in [2.24, 2.45) is 0 Å². The van der Waals surface area contributed by atoms with Crippen LogP contribution in [-0.2, 0) is 0 Å². The molecule has 0 fully saturated rings. The molecule has 3 rings (SSSR count). The topological polar surface area (TPSA) is 12.9 Å². The molecule has 2 heteroatoms. The first-order chi connectivity index (χ1) is 8.36.